The van der Waals surface area contributed by atoms with E-state index in [1.807, 2.05) is 0 Å². The lowest BCUT2D eigenvalue weighted by atomic mass is 9.90. The molecule has 2 heteroatoms. The lowest BCUT2D eigenvalue weighted by molar-refractivity contribution is 0.107. The number of rotatable bonds is 4. The maximum atomic E-state index is 6.01. The van der Waals surface area contributed by atoms with Crippen molar-refractivity contribution in [2.45, 2.75) is 64.2 Å². The Bertz CT molecular complexity index is 339. The van der Waals surface area contributed by atoms with Gasteiger partial charge in [0.25, 0.3) is 0 Å². The second-order valence-electron chi connectivity index (χ2n) is 5.82. The fourth-order valence-corrected chi connectivity index (χ4v) is 2.96. The predicted octanol–water partition coefficient (Wildman–Crippen LogP) is 3.17. The Morgan fingerprint density at radius 1 is 1.11 bits per heavy atom. The van der Waals surface area contributed by atoms with Crippen molar-refractivity contribution >= 4 is 0 Å². The first-order valence-corrected chi connectivity index (χ1v) is 7.22. The van der Waals surface area contributed by atoms with Crippen LogP contribution in [0.4, 0.5) is 0 Å². The molecule has 0 unspecified atom stereocenters. The third kappa shape index (κ3) is 3.56. The van der Waals surface area contributed by atoms with Crippen molar-refractivity contribution in [2.24, 2.45) is 5.73 Å². The van der Waals surface area contributed by atoms with Crippen molar-refractivity contribution in [1.82, 2.24) is 4.90 Å². The summed E-state index contributed by atoms with van der Waals surface area (Å²) in [5.41, 5.74) is 7.42. The van der Waals surface area contributed by atoms with Gasteiger partial charge in [-0.15, -0.1) is 0 Å². The van der Waals surface area contributed by atoms with Gasteiger partial charge in [0.2, 0.25) is 0 Å². The molecular weight excluding hydrogens is 220 g/mol. The van der Waals surface area contributed by atoms with E-state index in [1.165, 1.54) is 31.2 Å². The van der Waals surface area contributed by atoms with Gasteiger partial charge in [0.1, 0.15) is 0 Å². The van der Waals surface area contributed by atoms with Gasteiger partial charge in [-0.2, -0.15) is 0 Å². The lowest BCUT2D eigenvalue weighted by Gasteiger charge is -2.38. The number of nitrogens with two attached hydrogens (primary N) is 1. The van der Waals surface area contributed by atoms with Gasteiger partial charge >= 0.3 is 0 Å². The summed E-state index contributed by atoms with van der Waals surface area (Å²) in [4.78, 5) is 2.64. The zero-order valence-corrected chi connectivity index (χ0v) is 11.7. The minimum atomic E-state index is 0.437. The summed E-state index contributed by atoms with van der Waals surface area (Å²) in [7, 11) is 0. The van der Waals surface area contributed by atoms with Gasteiger partial charge in [0, 0.05) is 24.7 Å². The van der Waals surface area contributed by atoms with E-state index in [0.29, 0.717) is 18.1 Å². The molecule has 0 aromatic heterocycles. The van der Waals surface area contributed by atoms with E-state index in [9.17, 15) is 0 Å². The highest BCUT2D eigenvalue weighted by atomic mass is 15.2. The molecule has 0 atom stereocenters. The monoisotopic (exact) mass is 246 g/mol. The van der Waals surface area contributed by atoms with Crippen molar-refractivity contribution in [1.29, 1.82) is 0 Å². The van der Waals surface area contributed by atoms with Crippen LogP contribution in [-0.2, 0) is 6.54 Å². The highest BCUT2D eigenvalue weighted by molar-refractivity contribution is 5.14. The summed E-state index contributed by atoms with van der Waals surface area (Å²) in [6.07, 6.45) is 4.88. The maximum Gasteiger partial charge on any atom is 0.0239 e. The quantitative estimate of drug-likeness (QED) is 0.884. The molecule has 1 fully saturated rings. The van der Waals surface area contributed by atoms with Gasteiger partial charge in [0.15, 0.2) is 0 Å². The van der Waals surface area contributed by atoms with Gasteiger partial charge < -0.3 is 5.73 Å². The average Bonchev–Trinajstić information content (AvgIpc) is 2.38. The van der Waals surface area contributed by atoms with Crippen LogP contribution in [0, 0.1) is 0 Å². The van der Waals surface area contributed by atoms with E-state index in [0.717, 1.165) is 6.54 Å². The summed E-state index contributed by atoms with van der Waals surface area (Å²) in [6, 6.07) is 12.5. The summed E-state index contributed by atoms with van der Waals surface area (Å²) < 4.78 is 0. The molecule has 1 aromatic rings. The summed E-state index contributed by atoms with van der Waals surface area (Å²) in [5.74, 6) is 0. The fourth-order valence-electron chi connectivity index (χ4n) is 2.96. The number of hydrogen-bond donors (Lipinski definition) is 1. The van der Waals surface area contributed by atoms with Gasteiger partial charge in [-0.1, -0.05) is 30.3 Å². The van der Waals surface area contributed by atoms with Gasteiger partial charge in [0.05, 0.1) is 0 Å². The minimum Gasteiger partial charge on any atom is -0.328 e. The first kappa shape index (κ1) is 13.6. The molecule has 1 aliphatic rings. The Morgan fingerprint density at radius 2 is 1.72 bits per heavy atom. The highest BCUT2D eigenvalue weighted by Gasteiger charge is 2.25. The molecule has 0 aliphatic heterocycles. The molecule has 2 N–H and O–H groups in total. The van der Waals surface area contributed by atoms with Gasteiger partial charge in [-0.3, -0.25) is 4.90 Å². The first-order chi connectivity index (χ1) is 8.66. The van der Waals surface area contributed by atoms with E-state index in [4.69, 9.17) is 5.73 Å². The van der Waals surface area contributed by atoms with Crippen LogP contribution in [0.5, 0.6) is 0 Å². The summed E-state index contributed by atoms with van der Waals surface area (Å²) >= 11 is 0. The van der Waals surface area contributed by atoms with E-state index >= 15 is 0 Å². The number of hydrogen-bond acceptors (Lipinski definition) is 2. The predicted molar refractivity (Wildman–Crippen MR) is 77.4 cm³/mol. The zero-order valence-electron chi connectivity index (χ0n) is 11.7. The number of benzene rings is 1. The fraction of sp³-hybridized carbons (Fsp3) is 0.625. The van der Waals surface area contributed by atoms with Gasteiger partial charge in [-0.05, 0) is 45.1 Å². The first-order valence-electron chi connectivity index (χ1n) is 7.22. The molecule has 1 aromatic carbocycles. The summed E-state index contributed by atoms with van der Waals surface area (Å²) in [5, 5.41) is 0. The van der Waals surface area contributed by atoms with Crippen molar-refractivity contribution in [3.05, 3.63) is 35.9 Å². The Hall–Kier alpha value is -0.860. The van der Waals surface area contributed by atoms with Crippen molar-refractivity contribution in [3.63, 3.8) is 0 Å². The van der Waals surface area contributed by atoms with Crippen molar-refractivity contribution < 1.29 is 0 Å². The number of nitrogens with zero attached hydrogens (tertiary/aromatic N) is 1. The molecule has 2 rings (SSSR count). The molecule has 0 saturated heterocycles. The lowest BCUT2D eigenvalue weighted by Crippen LogP contribution is -2.43. The Morgan fingerprint density at radius 3 is 2.28 bits per heavy atom. The topological polar surface area (TPSA) is 29.3 Å². The largest absolute Gasteiger partial charge is 0.328 e. The molecule has 18 heavy (non-hydrogen) atoms. The second kappa shape index (κ2) is 6.35. The van der Waals surface area contributed by atoms with E-state index in [2.05, 4.69) is 49.1 Å². The van der Waals surface area contributed by atoms with E-state index in [1.54, 1.807) is 0 Å². The minimum absolute atomic E-state index is 0.437. The molecule has 0 heterocycles. The SMILES string of the molecule is CC(C)N(Cc1ccccc1)C1CCC(N)CC1. The van der Waals surface area contributed by atoms with Crippen molar-refractivity contribution in [2.75, 3.05) is 0 Å². The summed E-state index contributed by atoms with van der Waals surface area (Å²) in [6.45, 7) is 5.67. The van der Waals surface area contributed by atoms with Gasteiger partial charge in [-0.25, -0.2) is 0 Å². The molecule has 100 valence electrons. The van der Waals surface area contributed by atoms with Crippen LogP contribution in [0.3, 0.4) is 0 Å². The van der Waals surface area contributed by atoms with Crippen molar-refractivity contribution in [3.8, 4) is 0 Å². The Balaban J connectivity index is 2.00. The van der Waals surface area contributed by atoms with Crippen LogP contribution < -0.4 is 5.73 Å². The second-order valence-corrected chi connectivity index (χ2v) is 5.82. The van der Waals surface area contributed by atoms with Crippen LogP contribution >= 0.6 is 0 Å². The molecule has 1 saturated carbocycles. The molecule has 2 nitrogen and oxygen atoms in total. The van der Waals surface area contributed by atoms with Crippen LogP contribution in [-0.4, -0.2) is 23.0 Å². The van der Waals surface area contributed by atoms with Crippen LogP contribution in [0.2, 0.25) is 0 Å². The smallest absolute Gasteiger partial charge is 0.0239 e. The molecular formula is C16H26N2. The molecule has 0 bridgehead atoms. The zero-order chi connectivity index (χ0) is 13.0. The standard InChI is InChI=1S/C16H26N2/c1-13(2)18(12-14-6-4-3-5-7-14)16-10-8-15(17)9-11-16/h3-7,13,15-16H,8-12,17H2,1-2H3. The Labute approximate surface area is 111 Å². The maximum absolute atomic E-state index is 6.01. The normalized spacial score (nSPS) is 24.7. The van der Waals surface area contributed by atoms with Crippen LogP contribution in [0.25, 0.3) is 0 Å². The third-order valence-electron chi connectivity index (χ3n) is 4.08. The highest BCUT2D eigenvalue weighted by Crippen LogP contribution is 2.25. The van der Waals surface area contributed by atoms with E-state index < -0.39 is 0 Å². The van der Waals surface area contributed by atoms with Crippen LogP contribution in [0.1, 0.15) is 45.1 Å². The third-order valence-corrected chi connectivity index (χ3v) is 4.08. The Kier molecular flexibility index (Phi) is 4.79. The van der Waals surface area contributed by atoms with E-state index in [-0.39, 0.29) is 0 Å². The molecule has 1 aliphatic carbocycles. The van der Waals surface area contributed by atoms with Crippen LogP contribution in [0.15, 0.2) is 30.3 Å². The molecule has 0 radical (unpaired) electrons. The average molecular weight is 246 g/mol. The molecule has 0 spiro atoms. The molecule has 0 amide bonds.